The van der Waals surface area contributed by atoms with Gasteiger partial charge in [0.15, 0.2) is 0 Å². The number of phenolic OH excluding ortho intramolecular Hbond substituents is 1. The summed E-state index contributed by atoms with van der Waals surface area (Å²) in [6.45, 7) is 0. The van der Waals surface area contributed by atoms with Gasteiger partial charge in [0.25, 0.3) is 5.91 Å². The van der Waals surface area contributed by atoms with Crippen molar-refractivity contribution in [1.29, 1.82) is 0 Å². The van der Waals surface area contributed by atoms with E-state index in [0.29, 0.717) is 11.0 Å². The van der Waals surface area contributed by atoms with Gasteiger partial charge >= 0.3 is 0 Å². The molecule has 0 radical (unpaired) electrons. The molecular weight excluding hydrogens is 313 g/mol. The zero-order valence-corrected chi connectivity index (χ0v) is 11.4. The van der Waals surface area contributed by atoms with Crippen molar-refractivity contribution in [3.63, 3.8) is 0 Å². The molecule has 0 bridgehead atoms. The lowest BCUT2D eigenvalue weighted by Gasteiger charge is -2.07. The lowest BCUT2D eigenvalue weighted by atomic mass is 10.1. The summed E-state index contributed by atoms with van der Waals surface area (Å²) in [6, 6.07) is 10.6. The van der Waals surface area contributed by atoms with Crippen LogP contribution in [0.4, 0.5) is 10.1 Å². The molecule has 0 aliphatic carbocycles. The largest absolute Gasteiger partial charge is 0.507 e. The summed E-state index contributed by atoms with van der Waals surface area (Å²) in [7, 11) is 0. The molecule has 98 valence electrons. The Labute approximate surface area is 118 Å². The van der Waals surface area contributed by atoms with Crippen molar-refractivity contribution in [2.45, 2.75) is 5.33 Å². The van der Waals surface area contributed by atoms with Crippen molar-refractivity contribution >= 4 is 27.5 Å². The molecule has 0 unspecified atom stereocenters. The number of hydrogen-bond donors (Lipinski definition) is 2. The zero-order chi connectivity index (χ0) is 13.8. The third-order valence-corrected chi connectivity index (χ3v) is 3.19. The number of anilines is 1. The fraction of sp³-hybridized carbons (Fsp3) is 0.0714. The van der Waals surface area contributed by atoms with Gasteiger partial charge in [-0.05, 0) is 29.8 Å². The van der Waals surface area contributed by atoms with Gasteiger partial charge in [-0.15, -0.1) is 0 Å². The number of benzene rings is 2. The van der Waals surface area contributed by atoms with Crippen molar-refractivity contribution in [3.05, 3.63) is 59.4 Å². The van der Waals surface area contributed by atoms with Crippen LogP contribution < -0.4 is 5.32 Å². The second kappa shape index (κ2) is 5.84. The van der Waals surface area contributed by atoms with Crippen LogP contribution in [0.2, 0.25) is 0 Å². The number of halogens is 2. The SMILES string of the molecule is O=C(Nc1cccc(CBr)c1)c1ccc(F)cc1O. The Kier molecular flexibility index (Phi) is 4.16. The first-order valence-electron chi connectivity index (χ1n) is 5.55. The van der Waals surface area contributed by atoms with Crippen LogP contribution >= 0.6 is 15.9 Å². The number of alkyl halides is 1. The lowest BCUT2D eigenvalue weighted by molar-refractivity contribution is 0.102. The van der Waals surface area contributed by atoms with Crippen LogP contribution in [0.15, 0.2) is 42.5 Å². The van der Waals surface area contributed by atoms with Crippen molar-refractivity contribution in [2.24, 2.45) is 0 Å². The number of carbonyl (C=O) groups excluding carboxylic acids is 1. The maximum atomic E-state index is 12.8. The molecular formula is C14H11BrFNO2. The Hall–Kier alpha value is -1.88. The Morgan fingerprint density at radius 1 is 1.26 bits per heavy atom. The van der Waals surface area contributed by atoms with Gasteiger partial charge in [0, 0.05) is 17.1 Å². The number of aromatic hydroxyl groups is 1. The normalized spacial score (nSPS) is 10.2. The maximum absolute atomic E-state index is 12.8. The lowest BCUT2D eigenvalue weighted by Crippen LogP contribution is -2.12. The van der Waals surface area contributed by atoms with Gasteiger partial charge in [-0.25, -0.2) is 4.39 Å². The number of phenols is 1. The van der Waals surface area contributed by atoms with Gasteiger partial charge in [0.2, 0.25) is 0 Å². The molecule has 0 spiro atoms. The Morgan fingerprint density at radius 2 is 2.05 bits per heavy atom. The molecule has 0 saturated carbocycles. The number of rotatable bonds is 3. The van der Waals surface area contributed by atoms with Gasteiger partial charge in [-0.3, -0.25) is 4.79 Å². The summed E-state index contributed by atoms with van der Waals surface area (Å²) < 4.78 is 12.8. The highest BCUT2D eigenvalue weighted by Crippen LogP contribution is 2.20. The molecule has 0 aliphatic rings. The molecule has 2 rings (SSSR count). The third-order valence-electron chi connectivity index (χ3n) is 2.54. The fourth-order valence-electron chi connectivity index (χ4n) is 1.63. The fourth-order valence-corrected chi connectivity index (χ4v) is 1.98. The molecule has 19 heavy (non-hydrogen) atoms. The average Bonchev–Trinajstić information content (AvgIpc) is 2.38. The van der Waals surface area contributed by atoms with Crippen LogP contribution in [0.5, 0.6) is 5.75 Å². The van der Waals surface area contributed by atoms with Crippen LogP contribution in [0.3, 0.4) is 0 Å². The van der Waals surface area contributed by atoms with E-state index in [4.69, 9.17) is 0 Å². The van der Waals surface area contributed by atoms with Gasteiger partial charge in [0.05, 0.1) is 5.56 Å². The molecule has 5 heteroatoms. The highest BCUT2D eigenvalue weighted by atomic mass is 79.9. The topological polar surface area (TPSA) is 49.3 Å². The predicted molar refractivity (Wildman–Crippen MR) is 75.1 cm³/mol. The first-order valence-corrected chi connectivity index (χ1v) is 6.67. The highest BCUT2D eigenvalue weighted by Gasteiger charge is 2.12. The smallest absolute Gasteiger partial charge is 0.259 e. The van der Waals surface area contributed by atoms with Crippen LogP contribution in [0.1, 0.15) is 15.9 Å². The van der Waals surface area contributed by atoms with Gasteiger partial charge in [-0.2, -0.15) is 0 Å². The van der Waals surface area contributed by atoms with E-state index in [1.165, 1.54) is 6.07 Å². The number of carbonyl (C=O) groups is 1. The Bertz CT molecular complexity index is 616. The molecule has 0 aliphatic heterocycles. The van der Waals surface area contributed by atoms with Crippen molar-refractivity contribution in [3.8, 4) is 5.75 Å². The number of amides is 1. The molecule has 0 atom stereocenters. The van der Waals surface area contributed by atoms with Crippen LogP contribution in [0, 0.1) is 5.82 Å². The quantitative estimate of drug-likeness (QED) is 0.846. The van der Waals surface area contributed by atoms with Crippen molar-refractivity contribution in [2.75, 3.05) is 5.32 Å². The minimum atomic E-state index is -0.588. The Morgan fingerprint density at radius 3 is 2.74 bits per heavy atom. The molecule has 0 aromatic heterocycles. The zero-order valence-electron chi connectivity index (χ0n) is 9.86. The van der Waals surface area contributed by atoms with Crippen LogP contribution in [-0.2, 0) is 5.33 Å². The summed E-state index contributed by atoms with van der Waals surface area (Å²) in [4.78, 5) is 11.9. The molecule has 2 N–H and O–H groups in total. The second-order valence-electron chi connectivity index (χ2n) is 3.95. The van der Waals surface area contributed by atoms with Gasteiger partial charge in [0.1, 0.15) is 11.6 Å². The second-order valence-corrected chi connectivity index (χ2v) is 4.51. The number of hydrogen-bond acceptors (Lipinski definition) is 2. The maximum Gasteiger partial charge on any atom is 0.259 e. The summed E-state index contributed by atoms with van der Waals surface area (Å²) >= 11 is 3.33. The molecule has 0 saturated heterocycles. The molecule has 2 aromatic carbocycles. The van der Waals surface area contributed by atoms with Crippen LogP contribution in [0.25, 0.3) is 0 Å². The molecule has 0 fully saturated rings. The predicted octanol–water partition coefficient (Wildman–Crippen LogP) is 3.68. The van der Waals surface area contributed by atoms with E-state index in [1.54, 1.807) is 6.07 Å². The van der Waals surface area contributed by atoms with Crippen LogP contribution in [-0.4, -0.2) is 11.0 Å². The molecule has 0 heterocycles. The van der Waals surface area contributed by atoms with E-state index in [9.17, 15) is 14.3 Å². The first-order chi connectivity index (χ1) is 9.10. The van der Waals surface area contributed by atoms with E-state index < -0.39 is 11.7 Å². The minimum Gasteiger partial charge on any atom is -0.507 e. The average molecular weight is 324 g/mol. The van der Waals surface area contributed by atoms with Crippen molar-refractivity contribution < 1.29 is 14.3 Å². The summed E-state index contributed by atoms with van der Waals surface area (Å²) in [6.07, 6.45) is 0. The standard InChI is InChI=1S/C14H11BrFNO2/c15-8-9-2-1-3-11(6-9)17-14(19)12-5-4-10(16)7-13(12)18/h1-7,18H,8H2,(H,17,19). The summed E-state index contributed by atoms with van der Waals surface area (Å²) in [5.74, 6) is -1.45. The first kappa shape index (κ1) is 13.5. The highest BCUT2D eigenvalue weighted by molar-refractivity contribution is 9.08. The minimum absolute atomic E-state index is 0.0330. The molecule has 3 nitrogen and oxygen atoms in total. The monoisotopic (exact) mass is 323 g/mol. The summed E-state index contributed by atoms with van der Waals surface area (Å²) in [5.41, 5.74) is 1.66. The summed E-state index contributed by atoms with van der Waals surface area (Å²) in [5, 5.41) is 12.9. The van der Waals surface area contributed by atoms with Gasteiger partial charge in [-0.1, -0.05) is 28.1 Å². The molecule has 2 aromatic rings. The molecule has 1 amide bonds. The van der Waals surface area contributed by atoms with E-state index in [1.807, 2.05) is 18.2 Å². The van der Waals surface area contributed by atoms with E-state index >= 15 is 0 Å². The Balaban J connectivity index is 2.20. The van der Waals surface area contributed by atoms with E-state index in [0.717, 1.165) is 17.7 Å². The third kappa shape index (κ3) is 3.32. The van der Waals surface area contributed by atoms with Crippen molar-refractivity contribution in [1.82, 2.24) is 0 Å². The van der Waals surface area contributed by atoms with Gasteiger partial charge < -0.3 is 10.4 Å². The number of nitrogens with one attached hydrogen (secondary N) is 1. The van der Waals surface area contributed by atoms with E-state index in [2.05, 4.69) is 21.2 Å². The van der Waals surface area contributed by atoms with E-state index in [-0.39, 0.29) is 11.3 Å².